The molecule has 0 aliphatic heterocycles. The molecule has 1 aliphatic carbocycles. The van der Waals surface area contributed by atoms with Crippen LogP contribution in [0.2, 0.25) is 5.15 Å². The zero-order valence-electron chi connectivity index (χ0n) is 16.1. The average Bonchev–Trinajstić information content (AvgIpc) is 3.16. The van der Waals surface area contributed by atoms with Gasteiger partial charge in [0.25, 0.3) is 5.91 Å². The Bertz CT molecular complexity index is 894. The van der Waals surface area contributed by atoms with Crippen LogP contribution in [0.15, 0.2) is 18.2 Å². The largest absolute Gasteiger partial charge is 0.491 e. The SMILES string of the molecule is CC(NCC(O)COc1cccc2c1CCC2)NC(=O)c1nc(Cl)c(N)nc1N. The summed E-state index contributed by atoms with van der Waals surface area (Å²) in [5.41, 5.74) is 13.6. The maximum absolute atomic E-state index is 12.3. The predicted molar refractivity (Wildman–Crippen MR) is 111 cm³/mol. The number of hydrogen-bond acceptors (Lipinski definition) is 8. The van der Waals surface area contributed by atoms with Gasteiger partial charge in [-0.15, -0.1) is 0 Å². The van der Waals surface area contributed by atoms with Crippen molar-refractivity contribution in [1.82, 2.24) is 20.6 Å². The van der Waals surface area contributed by atoms with Crippen LogP contribution in [0.4, 0.5) is 11.6 Å². The zero-order chi connectivity index (χ0) is 21.0. The average molecular weight is 421 g/mol. The van der Waals surface area contributed by atoms with E-state index in [2.05, 4.69) is 26.7 Å². The van der Waals surface area contributed by atoms with Crippen LogP contribution < -0.4 is 26.8 Å². The summed E-state index contributed by atoms with van der Waals surface area (Å²) in [6.07, 6.45) is 2.00. The number of aryl methyl sites for hydroxylation is 1. The Morgan fingerprint density at radius 2 is 2.10 bits per heavy atom. The Morgan fingerprint density at radius 1 is 1.31 bits per heavy atom. The lowest BCUT2D eigenvalue weighted by molar-refractivity contribution is 0.0891. The molecule has 156 valence electrons. The number of carbonyl (C=O) groups excluding carboxylic acids is 1. The molecule has 1 amide bonds. The molecule has 0 radical (unpaired) electrons. The number of fused-ring (bicyclic) bond motifs is 1. The van der Waals surface area contributed by atoms with E-state index in [1.54, 1.807) is 6.92 Å². The number of aliphatic hydroxyl groups excluding tert-OH is 1. The van der Waals surface area contributed by atoms with Gasteiger partial charge in [0.05, 0.1) is 6.17 Å². The van der Waals surface area contributed by atoms with Gasteiger partial charge >= 0.3 is 0 Å². The van der Waals surface area contributed by atoms with Gasteiger partial charge in [-0.05, 0) is 43.4 Å². The van der Waals surface area contributed by atoms with Gasteiger partial charge in [0.15, 0.2) is 22.5 Å². The number of nitrogens with two attached hydrogens (primary N) is 2. The highest BCUT2D eigenvalue weighted by Gasteiger charge is 2.19. The lowest BCUT2D eigenvalue weighted by Crippen LogP contribution is -2.47. The first-order valence-corrected chi connectivity index (χ1v) is 9.77. The first kappa shape index (κ1) is 21.1. The molecule has 0 spiro atoms. The molecule has 3 rings (SSSR count). The first-order valence-electron chi connectivity index (χ1n) is 9.39. The smallest absolute Gasteiger partial charge is 0.274 e. The summed E-state index contributed by atoms with van der Waals surface area (Å²) in [6, 6.07) is 6.01. The summed E-state index contributed by atoms with van der Waals surface area (Å²) >= 11 is 5.79. The minimum atomic E-state index is -0.748. The lowest BCUT2D eigenvalue weighted by Gasteiger charge is -2.19. The third kappa shape index (κ3) is 5.26. The number of nitrogen functional groups attached to an aromatic ring is 2. The summed E-state index contributed by atoms with van der Waals surface area (Å²) < 4.78 is 5.79. The van der Waals surface area contributed by atoms with Crippen molar-refractivity contribution in [2.75, 3.05) is 24.6 Å². The van der Waals surface area contributed by atoms with Gasteiger partial charge in [-0.1, -0.05) is 23.7 Å². The lowest BCUT2D eigenvalue weighted by atomic mass is 10.1. The molecule has 1 aromatic heterocycles. The molecule has 29 heavy (non-hydrogen) atoms. The van der Waals surface area contributed by atoms with Gasteiger partial charge in [-0.25, -0.2) is 9.97 Å². The number of carbonyl (C=O) groups is 1. The fourth-order valence-electron chi connectivity index (χ4n) is 3.20. The van der Waals surface area contributed by atoms with Crippen molar-refractivity contribution >= 4 is 29.1 Å². The third-order valence-corrected chi connectivity index (χ3v) is 4.94. The standard InChI is InChI=1S/C19H25ClN6O3/c1-10(24-19(28)15-17(21)26-18(22)16(20)25-15)23-8-12(27)9-29-14-7-3-5-11-4-2-6-13(11)14/h3,5,7,10,12,23,27H,2,4,6,8-9H2,1H3,(H,24,28)(H4,21,22,26). The molecule has 1 aliphatic rings. The Morgan fingerprint density at radius 3 is 2.90 bits per heavy atom. The second-order valence-corrected chi connectivity index (χ2v) is 7.31. The highest BCUT2D eigenvalue weighted by molar-refractivity contribution is 6.31. The molecule has 2 atom stereocenters. The van der Waals surface area contributed by atoms with Crippen molar-refractivity contribution in [1.29, 1.82) is 0 Å². The third-order valence-electron chi connectivity index (χ3n) is 4.66. The van der Waals surface area contributed by atoms with Gasteiger partial charge < -0.3 is 26.6 Å². The Hall–Kier alpha value is -2.62. The van der Waals surface area contributed by atoms with Gasteiger partial charge in [-0.3, -0.25) is 10.1 Å². The molecule has 0 fully saturated rings. The molecule has 1 heterocycles. The van der Waals surface area contributed by atoms with Crippen LogP contribution in [0.3, 0.4) is 0 Å². The molecular weight excluding hydrogens is 396 g/mol. The van der Waals surface area contributed by atoms with E-state index in [9.17, 15) is 9.90 Å². The highest BCUT2D eigenvalue weighted by atomic mass is 35.5. The van der Waals surface area contributed by atoms with Crippen LogP contribution in [0.25, 0.3) is 0 Å². The second kappa shape index (κ2) is 9.25. The maximum atomic E-state index is 12.3. The topological polar surface area (TPSA) is 148 Å². The zero-order valence-corrected chi connectivity index (χ0v) is 16.9. The molecule has 2 unspecified atom stereocenters. The van der Waals surface area contributed by atoms with Crippen LogP contribution in [0.5, 0.6) is 5.75 Å². The van der Waals surface area contributed by atoms with Crippen molar-refractivity contribution < 1.29 is 14.6 Å². The second-order valence-electron chi connectivity index (χ2n) is 6.95. The quantitative estimate of drug-likeness (QED) is 0.395. The maximum Gasteiger partial charge on any atom is 0.274 e. The molecule has 9 nitrogen and oxygen atoms in total. The number of benzene rings is 1. The van der Waals surface area contributed by atoms with Gasteiger partial charge in [0.1, 0.15) is 18.5 Å². The minimum Gasteiger partial charge on any atom is -0.491 e. The number of hydrogen-bond donors (Lipinski definition) is 5. The summed E-state index contributed by atoms with van der Waals surface area (Å²) in [4.78, 5) is 19.9. The number of nitrogens with zero attached hydrogens (tertiary/aromatic N) is 2. The predicted octanol–water partition coefficient (Wildman–Crippen LogP) is 0.888. The van der Waals surface area contributed by atoms with E-state index >= 15 is 0 Å². The van der Waals surface area contributed by atoms with Crippen LogP contribution in [0.1, 0.15) is 35.0 Å². The molecule has 0 bridgehead atoms. The van der Waals surface area contributed by atoms with Crippen molar-refractivity contribution in [2.45, 2.75) is 38.5 Å². The molecule has 7 N–H and O–H groups in total. The van der Waals surface area contributed by atoms with Crippen molar-refractivity contribution in [3.8, 4) is 5.75 Å². The number of halogens is 1. The van der Waals surface area contributed by atoms with Crippen molar-refractivity contribution in [2.24, 2.45) is 0 Å². The van der Waals surface area contributed by atoms with E-state index in [1.165, 1.54) is 11.1 Å². The Balaban J connectivity index is 1.45. The van der Waals surface area contributed by atoms with E-state index in [0.29, 0.717) is 0 Å². The number of nitrogens with one attached hydrogen (secondary N) is 2. The van der Waals surface area contributed by atoms with Crippen LogP contribution in [0, 0.1) is 0 Å². The summed E-state index contributed by atoms with van der Waals surface area (Å²) in [6.45, 7) is 2.09. The highest BCUT2D eigenvalue weighted by Crippen LogP contribution is 2.30. The van der Waals surface area contributed by atoms with Crippen LogP contribution >= 0.6 is 11.6 Å². The van der Waals surface area contributed by atoms with Gasteiger partial charge in [0.2, 0.25) is 0 Å². The van der Waals surface area contributed by atoms with Crippen LogP contribution in [-0.2, 0) is 12.8 Å². The molecule has 10 heteroatoms. The van der Waals surface area contributed by atoms with E-state index < -0.39 is 18.2 Å². The van der Waals surface area contributed by atoms with E-state index in [-0.39, 0.29) is 35.6 Å². The summed E-state index contributed by atoms with van der Waals surface area (Å²) in [5, 5.41) is 15.8. The fourth-order valence-corrected chi connectivity index (χ4v) is 3.33. The number of amides is 1. The van der Waals surface area contributed by atoms with Crippen molar-refractivity contribution in [3.63, 3.8) is 0 Å². The normalized spacial score (nSPS) is 14.9. The molecule has 0 saturated carbocycles. The summed E-state index contributed by atoms with van der Waals surface area (Å²) in [5.74, 6) is 0.122. The van der Waals surface area contributed by atoms with Crippen LogP contribution in [-0.4, -0.2) is 46.4 Å². The Kier molecular flexibility index (Phi) is 6.73. The molecule has 2 aromatic rings. The number of ether oxygens (including phenoxy) is 1. The number of aromatic nitrogens is 2. The number of aliphatic hydroxyl groups is 1. The first-order chi connectivity index (χ1) is 13.8. The molecular formula is C19H25ClN6O3. The molecule has 1 aromatic carbocycles. The minimum absolute atomic E-state index is 0.0425. The Labute approximate surface area is 173 Å². The van der Waals surface area contributed by atoms with Gasteiger partial charge in [-0.2, -0.15) is 0 Å². The summed E-state index contributed by atoms with van der Waals surface area (Å²) in [7, 11) is 0. The molecule has 0 saturated heterocycles. The fraction of sp³-hybridized carbons (Fsp3) is 0.421. The van der Waals surface area contributed by atoms with Crippen molar-refractivity contribution in [3.05, 3.63) is 40.2 Å². The van der Waals surface area contributed by atoms with E-state index in [4.69, 9.17) is 27.8 Å². The van der Waals surface area contributed by atoms with Gasteiger partial charge in [0, 0.05) is 6.54 Å². The monoisotopic (exact) mass is 420 g/mol. The number of rotatable bonds is 8. The van der Waals surface area contributed by atoms with E-state index in [0.717, 1.165) is 25.0 Å². The number of anilines is 2. The van der Waals surface area contributed by atoms with E-state index in [1.807, 2.05) is 12.1 Å².